The molecule has 0 aliphatic rings. The van der Waals surface area contributed by atoms with Crippen molar-refractivity contribution in [2.75, 3.05) is 12.4 Å². The molecule has 0 aliphatic heterocycles. The fraction of sp³-hybridized carbons (Fsp3) is 0.167. The highest BCUT2D eigenvalue weighted by Gasteiger charge is 2.13. The Kier molecular flexibility index (Phi) is 6.66. The third kappa shape index (κ3) is 5.39. The van der Waals surface area contributed by atoms with Gasteiger partial charge in [-0.1, -0.05) is 54.1 Å². The van der Waals surface area contributed by atoms with Crippen molar-refractivity contribution in [3.05, 3.63) is 70.7 Å². The van der Waals surface area contributed by atoms with E-state index in [0.29, 0.717) is 10.6 Å². The molecule has 0 spiro atoms. The number of alkyl halides is 1. The normalized spacial score (nSPS) is 12.7. The minimum Gasteiger partial charge on any atom is -0.390 e. The first kappa shape index (κ1) is 17.5. The summed E-state index contributed by atoms with van der Waals surface area (Å²) in [5, 5.41) is 12.8. The monoisotopic (exact) mass is 349 g/mol. The van der Waals surface area contributed by atoms with Crippen molar-refractivity contribution in [2.24, 2.45) is 0 Å². The summed E-state index contributed by atoms with van der Waals surface area (Å²) >= 11 is 11.4. The van der Waals surface area contributed by atoms with E-state index < -0.39 is 6.10 Å². The number of amides is 1. The first-order chi connectivity index (χ1) is 11.1. The molecule has 0 bridgehead atoms. The standard InChI is InChI=1S/C18H17Cl2NO2/c19-11-16(22)12-21-18(23)17(14-4-2-1-3-5-14)10-13-6-8-15(20)9-7-13/h1-10,16,22H,11-12H2,(H,21,23)/b17-10+. The van der Waals surface area contributed by atoms with E-state index in [2.05, 4.69) is 5.32 Å². The van der Waals surface area contributed by atoms with Gasteiger partial charge in [0.2, 0.25) is 0 Å². The van der Waals surface area contributed by atoms with Crippen LogP contribution < -0.4 is 5.32 Å². The smallest absolute Gasteiger partial charge is 0.252 e. The van der Waals surface area contributed by atoms with Crippen molar-refractivity contribution in [3.8, 4) is 0 Å². The van der Waals surface area contributed by atoms with Gasteiger partial charge in [-0.05, 0) is 29.3 Å². The molecule has 3 nitrogen and oxygen atoms in total. The van der Waals surface area contributed by atoms with Gasteiger partial charge in [0.25, 0.3) is 5.91 Å². The highest BCUT2D eigenvalue weighted by atomic mass is 35.5. The maximum absolute atomic E-state index is 12.5. The number of hydrogen-bond acceptors (Lipinski definition) is 2. The molecule has 5 heteroatoms. The van der Waals surface area contributed by atoms with Crippen LogP contribution in [0.4, 0.5) is 0 Å². The van der Waals surface area contributed by atoms with Crippen molar-refractivity contribution in [1.29, 1.82) is 0 Å². The van der Waals surface area contributed by atoms with Gasteiger partial charge in [-0.2, -0.15) is 0 Å². The van der Waals surface area contributed by atoms with Gasteiger partial charge < -0.3 is 10.4 Å². The minimum atomic E-state index is -0.770. The van der Waals surface area contributed by atoms with Crippen molar-refractivity contribution < 1.29 is 9.90 Å². The summed E-state index contributed by atoms with van der Waals surface area (Å²) in [4.78, 5) is 12.5. The Hall–Kier alpha value is -1.81. The molecule has 2 N–H and O–H groups in total. The first-order valence-corrected chi connectivity index (χ1v) is 8.06. The molecule has 0 saturated carbocycles. The molecule has 2 aromatic rings. The molecule has 1 atom stereocenters. The highest BCUT2D eigenvalue weighted by molar-refractivity contribution is 6.30. The van der Waals surface area contributed by atoms with Crippen molar-refractivity contribution in [2.45, 2.75) is 6.10 Å². The molecule has 120 valence electrons. The highest BCUT2D eigenvalue weighted by Crippen LogP contribution is 2.20. The third-order valence-corrected chi connectivity index (χ3v) is 3.79. The molecule has 2 rings (SSSR count). The zero-order valence-corrected chi connectivity index (χ0v) is 13.9. The van der Waals surface area contributed by atoms with Gasteiger partial charge in [0.05, 0.1) is 12.0 Å². The molecule has 1 unspecified atom stereocenters. The summed E-state index contributed by atoms with van der Waals surface area (Å²) in [5.41, 5.74) is 2.16. The summed E-state index contributed by atoms with van der Waals surface area (Å²) in [6.45, 7) is 0.104. The fourth-order valence-electron chi connectivity index (χ4n) is 1.98. The Balaban J connectivity index is 2.28. The lowest BCUT2D eigenvalue weighted by Crippen LogP contribution is -2.33. The van der Waals surface area contributed by atoms with E-state index in [4.69, 9.17) is 23.2 Å². The summed E-state index contributed by atoms with van der Waals surface area (Å²) in [5.74, 6) is -0.197. The quantitative estimate of drug-likeness (QED) is 0.475. The van der Waals surface area contributed by atoms with Crippen LogP contribution in [-0.2, 0) is 4.79 Å². The molecule has 0 saturated heterocycles. The number of hydrogen-bond donors (Lipinski definition) is 2. The van der Waals surface area contributed by atoms with E-state index in [-0.39, 0.29) is 18.3 Å². The van der Waals surface area contributed by atoms with E-state index in [1.54, 1.807) is 18.2 Å². The van der Waals surface area contributed by atoms with Crippen molar-refractivity contribution in [3.63, 3.8) is 0 Å². The third-order valence-electron chi connectivity index (χ3n) is 3.19. The summed E-state index contributed by atoms with van der Waals surface area (Å²) in [7, 11) is 0. The zero-order valence-electron chi connectivity index (χ0n) is 12.4. The number of nitrogens with one attached hydrogen (secondary N) is 1. The van der Waals surface area contributed by atoms with Gasteiger partial charge in [0, 0.05) is 17.1 Å². The first-order valence-electron chi connectivity index (χ1n) is 7.15. The molecule has 23 heavy (non-hydrogen) atoms. The number of aliphatic hydroxyl groups is 1. The molecule has 0 radical (unpaired) electrons. The molecule has 1 amide bonds. The van der Waals surface area contributed by atoms with Crippen LogP contribution in [0.25, 0.3) is 11.6 Å². The molecule has 0 aliphatic carbocycles. The van der Waals surface area contributed by atoms with Gasteiger partial charge >= 0.3 is 0 Å². The number of halogens is 2. The lowest BCUT2D eigenvalue weighted by Gasteiger charge is -2.12. The van der Waals surface area contributed by atoms with Crippen LogP contribution in [0, 0.1) is 0 Å². The second-order valence-corrected chi connectivity index (χ2v) is 5.74. The van der Waals surface area contributed by atoms with Crippen LogP contribution in [0.5, 0.6) is 0 Å². The van der Waals surface area contributed by atoms with Gasteiger partial charge in [0.1, 0.15) is 0 Å². The van der Waals surface area contributed by atoms with E-state index in [0.717, 1.165) is 11.1 Å². The minimum absolute atomic E-state index is 0.0713. The second kappa shape index (κ2) is 8.73. The van der Waals surface area contributed by atoms with E-state index in [1.165, 1.54) is 0 Å². The molecular formula is C18H17Cl2NO2. The Bertz CT molecular complexity index is 669. The Morgan fingerprint density at radius 1 is 1.13 bits per heavy atom. The Morgan fingerprint density at radius 3 is 2.39 bits per heavy atom. The molecule has 0 heterocycles. The van der Waals surface area contributed by atoms with Crippen LogP contribution in [0.3, 0.4) is 0 Å². The fourth-order valence-corrected chi connectivity index (χ4v) is 2.22. The number of aliphatic hydroxyl groups excluding tert-OH is 1. The van der Waals surface area contributed by atoms with Crippen LogP contribution in [-0.4, -0.2) is 29.5 Å². The molecular weight excluding hydrogens is 333 g/mol. The van der Waals surface area contributed by atoms with E-state index in [1.807, 2.05) is 42.5 Å². The maximum atomic E-state index is 12.5. The van der Waals surface area contributed by atoms with Gasteiger partial charge in [-0.25, -0.2) is 0 Å². The van der Waals surface area contributed by atoms with Crippen LogP contribution in [0.2, 0.25) is 5.02 Å². The largest absolute Gasteiger partial charge is 0.390 e. The average molecular weight is 350 g/mol. The Morgan fingerprint density at radius 2 is 1.78 bits per heavy atom. The predicted molar refractivity (Wildman–Crippen MR) is 95.5 cm³/mol. The lowest BCUT2D eigenvalue weighted by atomic mass is 10.0. The SMILES string of the molecule is O=C(NCC(O)CCl)/C(=C/c1ccc(Cl)cc1)c1ccccc1. The van der Waals surface area contributed by atoms with Gasteiger partial charge in [0.15, 0.2) is 0 Å². The number of carbonyl (C=O) groups is 1. The summed E-state index contributed by atoms with van der Waals surface area (Å²) in [6, 6.07) is 16.6. The Labute approximate surface area is 145 Å². The van der Waals surface area contributed by atoms with E-state index >= 15 is 0 Å². The van der Waals surface area contributed by atoms with Crippen molar-refractivity contribution >= 4 is 40.8 Å². The summed E-state index contributed by atoms with van der Waals surface area (Å²) in [6.07, 6.45) is 1.02. The lowest BCUT2D eigenvalue weighted by molar-refractivity contribution is -0.115. The number of benzene rings is 2. The average Bonchev–Trinajstić information content (AvgIpc) is 2.59. The zero-order chi connectivity index (χ0) is 16.7. The van der Waals surface area contributed by atoms with Crippen molar-refractivity contribution in [1.82, 2.24) is 5.32 Å². The number of carbonyl (C=O) groups excluding carboxylic acids is 1. The number of rotatable bonds is 6. The summed E-state index contributed by atoms with van der Waals surface area (Å²) < 4.78 is 0. The van der Waals surface area contributed by atoms with Gasteiger partial charge in [-0.3, -0.25) is 4.79 Å². The maximum Gasteiger partial charge on any atom is 0.252 e. The van der Waals surface area contributed by atoms with Crippen LogP contribution in [0.15, 0.2) is 54.6 Å². The van der Waals surface area contributed by atoms with E-state index in [9.17, 15) is 9.90 Å². The molecule has 0 fully saturated rings. The topological polar surface area (TPSA) is 49.3 Å². The predicted octanol–water partition coefficient (Wildman–Crippen LogP) is 3.60. The van der Waals surface area contributed by atoms with Gasteiger partial charge in [-0.15, -0.1) is 11.6 Å². The van der Waals surface area contributed by atoms with Crippen LogP contribution in [0.1, 0.15) is 11.1 Å². The second-order valence-electron chi connectivity index (χ2n) is 4.99. The van der Waals surface area contributed by atoms with Crippen LogP contribution >= 0.6 is 23.2 Å². The molecule has 2 aromatic carbocycles. The molecule has 0 aromatic heterocycles.